The summed E-state index contributed by atoms with van der Waals surface area (Å²) in [6.45, 7) is 15.5. The summed E-state index contributed by atoms with van der Waals surface area (Å²) in [7, 11) is 0. The van der Waals surface area contributed by atoms with Crippen molar-refractivity contribution in [1.82, 2.24) is 19.3 Å². The molecule has 0 atom stereocenters. The SMILES string of the molecule is CC(C)c1nn(-c2[c-]c(Oc3[c-]c4c(cc3)c3ccccc3n4-c3cc(C(C)(C)C)ccn3)ccc2)c(C(C)C)c1-c1ccccc1.[Pt+2]. The molecule has 0 unspecified atom stereocenters. The summed E-state index contributed by atoms with van der Waals surface area (Å²) in [6, 6.07) is 40.5. The third-order valence-electron chi connectivity index (χ3n) is 8.70. The first-order valence-electron chi connectivity index (χ1n) is 16.4. The van der Waals surface area contributed by atoms with Crippen LogP contribution in [0.1, 0.15) is 77.3 Å². The molecule has 7 rings (SSSR count). The second kappa shape index (κ2) is 13.2. The molecule has 0 saturated heterocycles. The molecule has 3 aromatic heterocycles. The predicted octanol–water partition coefficient (Wildman–Crippen LogP) is 11.0. The Morgan fingerprint density at radius 1 is 0.729 bits per heavy atom. The van der Waals surface area contributed by atoms with E-state index in [4.69, 9.17) is 14.8 Å². The quantitative estimate of drug-likeness (QED) is 0.151. The molecule has 0 aliphatic heterocycles. The van der Waals surface area contributed by atoms with Crippen LogP contribution in [0.15, 0.2) is 103 Å². The van der Waals surface area contributed by atoms with E-state index >= 15 is 0 Å². The van der Waals surface area contributed by atoms with Crippen molar-refractivity contribution >= 4 is 21.8 Å². The zero-order valence-electron chi connectivity index (χ0n) is 28.5. The Labute approximate surface area is 297 Å². The Morgan fingerprint density at radius 2 is 1.46 bits per heavy atom. The van der Waals surface area contributed by atoms with E-state index in [1.165, 1.54) is 16.7 Å². The molecule has 0 saturated carbocycles. The first kappa shape index (κ1) is 33.4. The van der Waals surface area contributed by atoms with Crippen LogP contribution < -0.4 is 4.74 Å². The minimum Gasteiger partial charge on any atom is -0.509 e. The molecule has 0 bridgehead atoms. The molecule has 0 spiro atoms. The zero-order valence-corrected chi connectivity index (χ0v) is 30.8. The van der Waals surface area contributed by atoms with Gasteiger partial charge in [-0.25, -0.2) is 4.98 Å². The van der Waals surface area contributed by atoms with Gasteiger partial charge in [-0.05, 0) is 57.7 Å². The van der Waals surface area contributed by atoms with E-state index in [1.54, 1.807) is 0 Å². The molecule has 0 aliphatic carbocycles. The largest absolute Gasteiger partial charge is 2.00 e. The monoisotopic (exact) mass is 811 g/mol. The Kier molecular flexibility index (Phi) is 9.20. The van der Waals surface area contributed by atoms with E-state index in [-0.39, 0.29) is 38.3 Å². The number of ether oxygens (including phenoxy) is 1. The number of aromatic nitrogens is 4. The summed E-state index contributed by atoms with van der Waals surface area (Å²) in [5.41, 5.74) is 8.68. The normalized spacial score (nSPS) is 11.9. The van der Waals surface area contributed by atoms with Crippen molar-refractivity contribution in [3.05, 3.63) is 132 Å². The summed E-state index contributed by atoms with van der Waals surface area (Å²) in [6.07, 6.45) is 1.89. The van der Waals surface area contributed by atoms with Gasteiger partial charge in [-0.15, -0.1) is 35.7 Å². The fourth-order valence-corrected chi connectivity index (χ4v) is 6.39. The van der Waals surface area contributed by atoms with Crippen molar-refractivity contribution in [3.63, 3.8) is 0 Å². The predicted molar refractivity (Wildman–Crippen MR) is 192 cm³/mol. The molecule has 0 fully saturated rings. The van der Waals surface area contributed by atoms with Crippen LogP contribution >= 0.6 is 0 Å². The van der Waals surface area contributed by atoms with Gasteiger partial charge >= 0.3 is 21.1 Å². The third kappa shape index (κ3) is 6.13. The van der Waals surface area contributed by atoms with E-state index in [0.717, 1.165) is 44.7 Å². The van der Waals surface area contributed by atoms with Crippen molar-refractivity contribution in [2.75, 3.05) is 0 Å². The third-order valence-corrected chi connectivity index (χ3v) is 8.70. The van der Waals surface area contributed by atoms with Crippen LogP contribution in [-0.4, -0.2) is 19.3 Å². The van der Waals surface area contributed by atoms with E-state index in [9.17, 15) is 0 Å². The minimum absolute atomic E-state index is 0. The van der Waals surface area contributed by atoms with Crippen LogP contribution in [0.2, 0.25) is 0 Å². The van der Waals surface area contributed by atoms with Gasteiger partial charge in [0.05, 0.1) is 11.4 Å². The van der Waals surface area contributed by atoms with E-state index in [0.29, 0.717) is 11.5 Å². The number of benzene rings is 4. The van der Waals surface area contributed by atoms with Crippen molar-refractivity contribution in [1.29, 1.82) is 0 Å². The Morgan fingerprint density at radius 3 is 2.19 bits per heavy atom. The van der Waals surface area contributed by atoms with Gasteiger partial charge in [0.2, 0.25) is 0 Å². The number of hydrogen-bond acceptors (Lipinski definition) is 3. The van der Waals surface area contributed by atoms with Crippen molar-refractivity contribution in [2.24, 2.45) is 0 Å². The molecule has 0 radical (unpaired) electrons. The first-order chi connectivity index (χ1) is 22.6. The van der Waals surface area contributed by atoms with Gasteiger partial charge in [0, 0.05) is 28.8 Å². The average molecular weight is 812 g/mol. The molecule has 48 heavy (non-hydrogen) atoms. The van der Waals surface area contributed by atoms with Crippen LogP contribution in [0, 0.1) is 12.1 Å². The van der Waals surface area contributed by atoms with Crippen molar-refractivity contribution in [3.8, 4) is 34.1 Å². The van der Waals surface area contributed by atoms with Crippen molar-refractivity contribution < 1.29 is 25.8 Å². The van der Waals surface area contributed by atoms with E-state index in [2.05, 4.69) is 138 Å². The summed E-state index contributed by atoms with van der Waals surface area (Å²) in [5.74, 6) is 2.58. The van der Waals surface area contributed by atoms with E-state index < -0.39 is 0 Å². The van der Waals surface area contributed by atoms with Gasteiger partial charge in [-0.1, -0.05) is 103 Å². The van der Waals surface area contributed by atoms with Crippen LogP contribution in [0.5, 0.6) is 11.5 Å². The fourth-order valence-electron chi connectivity index (χ4n) is 6.39. The number of pyridine rings is 1. The van der Waals surface area contributed by atoms with Gasteiger partial charge in [-0.2, -0.15) is 17.2 Å². The van der Waals surface area contributed by atoms with Gasteiger partial charge in [-0.3, -0.25) is 4.68 Å². The molecular weight excluding hydrogens is 772 g/mol. The number of para-hydroxylation sites is 1. The summed E-state index contributed by atoms with van der Waals surface area (Å²) in [5, 5.41) is 7.42. The molecule has 0 amide bonds. The van der Waals surface area contributed by atoms with Gasteiger partial charge in [0.25, 0.3) is 0 Å². The number of fused-ring (bicyclic) bond motifs is 3. The standard InChI is InChI=1S/C42H40N4O.Pt/c1-27(2)40-39(29-14-9-8-10-15-29)41(28(3)4)46(44-40)31-16-13-17-32(25-31)47-33-20-21-35-34-18-11-12-19-36(34)45(37(35)26-33)38-24-30(22-23-43-38)42(5,6)7;/h8-24,27-28H,1-7H3;/q-2;+2. The molecular formula is C42H40N4OPt. The maximum Gasteiger partial charge on any atom is 2.00 e. The van der Waals surface area contributed by atoms with Crippen molar-refractivity contribution in [2.45, 2.75) is 65.7 Å². The number of rotatable bonds is 7. The second-order valence-electron chi connectivity index (χ2n) is 13.8. The topological polar surface area (TPSA) is 44.9 Å². The van der Waals surface area contributed by atoms with Crippen LogP contribution in [0.4, 0.5) is 0 Å². The van der Waals surface area contributed by atoms with Crippen LogP contribution in [-0.2, 0) is 26.5 Å². The molecule has 3 heterocycles. The molecule has 0 N–H and O–H groups in total. The molecule has 5 nitrogen and oxygen atoms in total. The molecule has 4 aromatic carbocycles. The molecule has 244 valence electrons. The smallest absolute Gasteiger partial charge is 0.509 e. The number of nitrogens with zero attached hydrogens (tertiary/aromatic N) is 4. The maximum absolute atomic E-state index is 6.50. The van der Waals surface area contributed by atoms with Gasteiger partial charge < -0.3 is 9.30 Å². The zero-order chi connectivity index (χ0) is 32.9. The van der Waals surface area contributed by atoms with Gasteiger partial charge in [0.15, 0.2) is 0 Å². The Hall–Kier alpha value is -4.47. The maximum atomic E-state index is 6.50. The summed E-state index contributed by atoms with van der Waals surface area (Å²) < 4.78 is 10.7. The summed E-state index contributed by atoms with van der Waals surface area (Å²) in [4.78, 5) is 4.81. The number of hydrogen-bond donors (Lipinski definition) is 0. The Bertz CT molecular complexity index is 2220. The van der Waals surface area contributed by atoms with Gasteiger partial charge in [0.1, 0.15) is 5.82 Å². The van der Waals surface area contributed by atoms with Crippen LogP contribution in [0.25, 0.3) is 44.4 Å². The minimum atomic E-state index is -0.00289. The summed E-state index contributed by atoms with van der Waals surface area (Å²) >= 11 is 0. The molecule has 0 aliphatic rings. The fraction of sp³-hybridized carbons (Fsp3) is 0.238. The van der Waals surface area contributed by atoms with E-state index in [1.807, 2.05) is 35.1 Å². The van der Waals surface area contributed by atoms with Crippen LogP contribution in [0.3, 0.4) is 0 Å². The molecule has 7 aromatic rings. The molecule has 6 heteroatoms. The second-order valence-corrected chi connectivity index (χ2v) is 13.8. The average Bonchev–Trinajstić information content (AvgIpc) is 3.62. The Balaban J connectivity index is 0.00000401. The first-order valence-corrected chi connectivity index (χ1v) is 16.4.